The lowest BCUT2D eigenvalue weighted by atomic mass is 10.0. The fraction of sp³-hybridized carbons (Fsp3) is 0.294. The van der Waals surface area contributed by atoms with Crippen LogP contribution in [0.25, 0.3) is 0 Å². The van der Waals surface area contributed by atoms with Crippen molar-refractivity contribution in [2.45, 2.75) is 30.5 Å². The molecule has 0 bridgehead atoms. The first-order chi connectivity index (χ1) is 10.3. The Hall–Kier alpha value is -1.00. The molecule has 2 aromatic rings. The van der Waals surface area contributed by atoms with Crippen molar-refractivity contribution in [1.82, 2.24) is 5.32 Å². The van der Waals surface area contributed by atoms with Crippen molar-refractivity contribution in [2.24, 2.45) is 0 Å². The first-order valence-electron chi connectivity index (χ1n) is 7.12. The molecule has 0 radical (unpaired) electrons. The van der Waals surface area contributed by atoms with Crippen molar-refractivity contribution in [3.8, 4) is 0 Å². The van der Waals surface area contributed by atoms with E-state index in [2.05, 4.69) is 17.4 Å². The molecule has 0 fully saturated rings. The summed E-state index contributed by atoms with van der Waals surface area (Å²) < 4.78 is 0. The van der Waals surface area contributed by atoms with Crippen molar-refractivity contribution in [3.05, 3.63) is 64.2 Å². The number of fused-ring (bicyclic) bond motifs is 1. The first kappa shape index (κ1) is 14.9. The topological polar surface area (TPSA) is 32.3 Å². The third-order valence-corrected chi connectivity index (χ3v) is 5.46. The maximum absolute atomic E-state index is 9.40. The number of thioether (sulfide) groups is 1. The highest BCUT2D eigenvalue weighted by atomic mass is 35.5. The molecule has 0 amide bonds. The molecule has 0 aliphatic carbocycles. The van der Waals surface area contributed by atoms with Crippen LogP contribution in [0.3, 0.4) is 0 Å². The van der Waals surface area contributed by atoms with Gasteiger partial charge in [0.25, 0.3) is 0 Å². The van der Waals surface area contributed by atoms with Crippen molar-refractivity contribution in [3.63, 3.8) is 0 Å². The number of rotatable bonds is 4. The fourth-order valence-corrected chi connectivity index (χ4v) is 4.20. The SMILES string of the molecule is OCc1ccccc1CNC1CCSc2c(Cl)cccc21. The Bertz CT molecular complexity index is 632. The van der Waals surface area contributed by atoms with Crippen molar-refractivity contribution >= 4 is 23.4 Å². The zero-order valence-corrected chi connectivity index (χ0v) is 13.3. The molecule has 1 unspecified atom stereocenters. The minimum absolute atomic E-state index is 0.0841. The molecule has 1 aliphatic rings. The lowest BCUT2D eigenvalue weighted by molar-refractivity contribution is 0.280. The lowest BCUT2D eigenvalue weighted by Gasteiger charge is -2.27. The minimum atomic E-state index is 0.0841. The zero-order chi connectivity index (χ0) is 14.7. The van der Waals surface area contributed by atoms with Gasteiger partial charge in [-0.3, -0.25) is 0 Å². The van der Waals surface area contributed by atoms with Crippen molar-refractivity contribution < 1.29 is 5.11 Å². The Morgan fingerprint density at radius 2 is 1.95 bits per heavy atom. The highest BCUT2D eigenvalue weighted by Gasteiger charge is 2.22. The van der Waals surface area contributed by atoms with Gasteiger partial charge in [-0.2, -0.15) is 0 Å². The summed E-state index contributed by atoms with van der Waals surface area (Å²) in [6.45, 7) is 0.846. The standard InChI is InChI=1S/C17H18ClNOS/c18-15-7-3-6-14-16(8-9-21-17(14)15)19-10-12-4-1-2-5-13(12)11-20/h1-7,16,19-20H,8-11H2. The molecule has 110 valence electrons. The van der Waals surface area contributed by atoms with Crippen LogP contribution in [0, 0.1) is 0 Å². The van der Waals surface area contributed by atoms with E-state index in [1.54, 1.807) is 0 Å². The van der Waals surface area contributed by atoms with Gasteiger partial charge in [-0.15, -0.1) is 11.8 Å². The van der Waals surface area contributed by atoms with Gasteiger partial charge in [-0.1, -0.05) is 48.0 Å². The van der Waals surface area contributed by atoms with Gasteiger partial charge < -0.3 is 10.4 Å². The summed E-state index contributed by atoms with van der Waals surface area (Å²) in [4.78, 5) is 1.21. The maximum Gasteiger partial charge on any atom is 0.0685 e. The van der Waals surface area contributed by atoms with E-state index in [0.717, 1.165) is 34.9 Å². The van der Waals surface area contributed by atoms with Crippen LogP contribution in [0.5, 0.6) is 0 Å². The molecule has 3 rings (SSSR count). The molecule has 2 aromatic carbocycles. The number of aliphatic hydroxyl groups is 1. The first-order valence-corrected chi connectivity index (χ1v) is 8.48. The van der Waals surface area contributed by atoms with Crippen LogP contribution in [-0.4, -0.2) is 10.9 Å². The molecule has 0 aromatic heterocycles. The van der Waals surface area contributed by atoms with Gasteiger partial charge in [0, 0.05) is 17.5 Å². The summed E-state index contributed by atoms with van der Waals surface area (Å²) in [5.74, 6) is 1.08. The molecule has 2 N–H and O–H groups in total. The number of nitrogens with one attached hydrogen (secondary N) is 1. The molecule has 21 heavy (non-hydrogen) atoms. The Kier molecular flexibility index (Phi) is 4.86. The quantitative estimate of drug-likeness (QED) is 0.887. The molecule has 1 atom stereocenters. The smallest absolute Gasteiger partial charge is 0.0685 e. The molecule has 1 aliphatic heterocycles. The Balaban J connectivity index is 1.77. The number of benzene rings is 2. The fourth-order valence-electron chi connectivity index (χ4n) is 2.72. The highest BCUT2D eigenvalue weighted by molar-refractivity contribution is 7.99. The maximum atomic E-state index is 9.40. The molecule has 0 spiro atoms. The van der Waals surface area contributed by atoms with Crippen LogP contribution in [0.15, 0.2) is 47.4 Å². The van der Waals surface area contributed by atoms with Crippen LogP contribution in [0.2, 0.25) is 5.02 Å². The van der Waals surface area contributed by atoms with Crippen molar-refractivity contribution in [2.75, 3.05) is 5.75 Å². The normalized spacial score (nSPS) is 17.5. The predicted molar refractivity (Wildman–Crippen MR) is 88.7 cm³/mol. The number of hydrogen-bond donors (Lipinski definition) is 2. The second-order valence-electron chi connectivity index (χ2n) is 5.16. The van der Waals surface area contributed by atoms with E-state index in [4.69, 9.17) is 11.6 Å². The van der Waals surface area contributed by atoms with Gasteiger partial charge in [0.05, 0.1) is 11.6 Å². The van der Waals surface area contributed by atoms with E-state index in [1.165, 1.54) is 10.5 Å². The largest absolute Gasteiger partial charge is 0.392 e. The van der Waals surface area contributed by atoms with Gasteiger partial charge in [0.15, 0.2) is 0 Å². The second kappa shape index (κ2) is 6.84. The summed E-state index contributed by atoms with van der Waals surface area (Å²) in [5.41, 5.74) is 3.43. The molecular weight excluding hydrogens is 302 g/mol. The monoisotopic (exact) mass is 319 g/mol. The molecule has 2 nitrogen and oxygen atoms in total. The van der Waals surface area contributed by atoms with Crippen LogP contribution in [0.4, 0.5) is 0 Å². The summed E-state index contributed by atoms with van der Waals surface area (Å²) in [7, 11) is 0. The van der Waals surface area contributed by atoms with Gasteiger partial charge >= 0.3 is 0 Å². The Morgan fingerprint density at radius 1 is 1.14 bits per heavy atom. The van der Waals surface area contributed by atoms with E-state index in [9.17, 15) is 5.11 Å². The van der Waals surface area contributed by atoms with E-state index < -0.39 is 0 Å². The van der Waals surface area contributed by atoms with Gasteiger partial charge in [-0.25, -0.2) is 0 Å². The van der Waals surface area contributed by atoms with Crippen LogP contribution < -0.4 is 5.32 Å². The van der Waals surface area contributed by atoms with E-state index in [0.29, 0.717) is 6.04 Å². The summed E-state index contributed by atoms with van der Waals surface area (Å²) in [6, 6.07) is 14.5. The zero-order valence-electron chi connectivity index (χ0n) is 11.7. The molecular formula is C17H18ClNOS. The third kappa shape index (κ3) is 3.27. The van der Waals surface area contributed by atoms with E-state index in [1.807, 2.05) is 42.1 Å². The lowest BCUT2D eigenvalue weighted by Crippen LogP contribution is -2.24. The van der Waals surface area contributed by atoms with E-state index >= 15 is 0 Å². The van der Waals surface area contributed by atoms with Gasteiger partial charge in [-0.05, 0) is 34.9 Å². The number of aliphatic hydroxyl groups excluding tert-OH is 1. The molecule has 4 heteroatoms. The Morgan fingerprint density at radius 3 is 2.76 bits per heavy atom. The van der Waals surface area contributed by atoms with Gasteiger partial charge in [0.2, 0.25) is 0 Å². The summed E-state index contributed by atoms with van der Waals surface area (Å²) >= 11 is 8.13. The Labute approximate surface area is 134 Å². The molecule has 0 saturated carbocycles. The molecule has 0 saturated heterocycles. The number of halogens is 1. The van der Waals surface area contributed by atoms with Crippen LogP contribution in [-0.2, 0) is 13.2 Å². The van der Waals surface area contributed by atoms with Gasteiger partial charge in [0.1, 0.15) is 0 Å². The highest BCUT2D eigenvalue weighted by Crippen LogP contribution is 2.40. The van der Waals surface area contributed by atoms with Crippen molar-refractivity contribution in [1.29, 1.82) is 0 Å². The summed E-state index contributed by atoms with van der Waals surface area (Å²) in [5, 5.41) is 13.9. The average Bonchev–Trinajstić information content (AvgIpc) is 2.53. The minimum Gasteiger partial charge on any atom is -0.392 e. The third-order valence-electron chi connectivity index (χ3n) is 3.85. The van der Waals surface area contributed by atoms with E-state index in [-0.39, 0.29) is 6.61 Å². The predicted octanol–water partition coefficient (Wildman–Crippen LogP) is 4.16. The second-order valence-corrected chi connectivity index (χ2v) is 6.67. The van der Waals surface area contributed by atoms with Crippen LogP contribution >= 0.6 is 23.4 Å². The summed E-state index contributed by atoms with van der Waals surface area (Å²) in [6.07, 6.45) is 1.10. The molecule has 1 heterocycles. The van der Waals surface area contributed by atoms with Crippen LogP contribution in [0.1, 0.15) is 29.2 Å². The number of hydrogen-bond acceptors (Lipinski definition) is 3. The average molecular weight is 320 g/mol.